The van der Waals surface area contributed by atoms with Gasteiger partial charge in [-0.15, -0.1) is 11.8 Å². The maximum Gasteiger partial charge on any atom is -0.0140 e. The minimum atomic E-state index is 0.922. The second kappa shape index (κ2) is 3.47. The van der Waals surface area contributed by atoms with Gasteiger partial charge in [-0.25, -0.2) is 0 Å². The van der Waals surface area contributed by atoms with E-state index < -0.39 is 0 Å². The van der Waals surface area contributed by atoms with Crippen LogP contribution in [0.1, 0.15) is 33.1 Å². The van der Waals surface area contributed by atoms with Gasteiger partial charge >= 0.3 is 0 Å². The molecule has 0 nitrogen and oxygen atoms in total. The van der Waals surface area contributed by atoms with Gasteiger partial charge in [0.05, 0.1) is 0 Å². The van der Waals surface area contributed by atoms with Crippen LogP contribution in [0.3, 0.4) is 0 Å². The van der Waals surface area contributed by atoms with Crippen LogP contribution in [0.25, 0.3) is 0 Å². The Hall–Kier alpha value is 0.0900. The molecule has 0 fully saturated rings. The molecule has 0 aromatic carbocycles. The zero-order chi connectivity index (χ0) is 7.56. The van der Waals surface area contributed by atoms with E-state index in [1.54, 1.807) is 10.5 Å². The maximum absolute atomic E-state index is 2.35. The third-order valence-corrected chi connectivity index (χ3v) is 3.28. The zero-order valence-corrected chi connectivity index (χ0v) is 7.92. The molecular formula is C9H16S. The van der Waals surface area contributed by atoms with Crippen LogP contribution in [-0.2, 0) is 0 Å². The second-order valence-electron chi connectivity index (χ2n) is 3.26. The minimum absolute atomic E-state index is 0.922. The van der Waals surface area contributed by atoms with E-state index in [2.05, 4.69) is 20.1 Å². The van der Waals surface area contributed by atoms with Crippen LogP contribution < -0.4 is 0 Å². The first-order valence-corrected chi connectivity index (χ1v) is 5.19. The van der Waals surface area contributed by atoms with Crippen molar-refractivity contribution in [3.05, 3.63) is 10.5 Å². The Morgan fingerprint density at radius 2 is 2.20 bits per heavy atom. The van der Waals surface area contributed by atoms with Gasteiger partial charge in [-0.05, 0) is 43.3 Å². The quantitative estimate of drug-likeness (QED) is 0.560. The average molecular weight is 156 g/mol. The SMILES string of the molecule is CSC1=C(C)CC[C@@H](C)C1. The lowest BCUT2D eigenvalue weighted by Gasteiger charge is -2.21. The Bertz CT molecular complexity index is 147. The molecule has 10 heavy (non-hydrogen) atoms. The Kier molecular flexibility index (Phi) is 2.84. The summed E-state index contributed by atoms with van der Waals surface area (Å²) in [5, 5.41) is 0. The van der Waals surface area contributed by atoms with Crippen LogP contribution in [0.2, 0.25) is 0 Å². The van der Waals surface area contributed by atoms with Crippen LogP contribution in [0.4, 0.5) is 0 Å². The number of hydrogen-bond acceptors (Lipinski definition) is 1. The van der Waals surface area contributed by atoms with Gasteiger partial charge < -0.3 is 0 Å². The first kappa shape index (κ1) is 8.19. The highest BCUT2D eigenvalue weighted by molar-refractivity contribution is 8.02. The molecule has 0 saturated carbocycles. The highest BCUT2D eigenvalue weighted by Gasteiger charge is 2.13. The van der Waals surface area contributed by atoms with Gasteiger partial charge in [0.1, 0.15) is 0 Å². The maximum atomic E-state index is 2.35. The minimum Gasteiger partial charge on any atom is -0.134 e. The summed E-state index contributed by atoms with van der Waals surface area (Å²) in [5.41, 5.74) is 1.63. The monoisotopic (exact) mass is 156 g/mol. The number of allylic oxidation sites excluding steroid dienone is 2. The number of rotatable bonds is 1. The lowest BCUT2D eigenvalue weighted by Crippen LogP contribution is -2.03. The van der Waals surface area contributed by atoms with Crippen molar-refractivity contribution in [2.45, 2.75) is 33.1 Å². The van der Waals surface area contributed by atoms with E-state index in [0.29, 0.717) is 0 Å². The molecule has 0 unspecified atom stereocenters. The Morgan fingerprint density at radius 1 is 1.50 bits per heavy atom. The normalized spacial score (nSPS) is 27.3. The fraction of sp³-hybridized carbons (Fsp3) is 0.778. The molecule has 1 aliphatic rings. The van der Waals surface area contributed by atoms with Crippen LogP contribution in [0.15, 0.2) is 10.5 Å². The smallest absolute Gasteiger partial charge is 0.0140 e. The van der Waals surface area contributed by atoms with Gasteiger partial charge in [-0.2, -0.15) is 0 Å². The molecule has 0 aromatic rings. The van der Waals surface area contributed by atoms with E-state index in [9.17, 15) is 0 Å². The molecule has 0 aliphatic heterocycles. The van der Waals surface area contributed by atoms with Crippen LogP contribution in [0.5, 0.6) is 0 Å². The molecule has 58 valence electrons. The van der Waals surface area contributed by atoms with Gasteiger partial charge in [0, 0.05) is 0 Å². The Labute approximate surface area is 68.1 Å². The molecule has 0 aromatic heterocycles. The molecule has 0 bridgehead atoms. The zero-order valence-electron chi connectivity index (χ0n) is 7.11. The van der Waals surface area contributed by atoms with Crippen molar-refractivity contribution < 1.29 is 0 Å². The summed E-state index contributed by atoms with van der Waals surface area (Å²) in [6, 6.07) is 0. The fourth-order valence-electron chi connectivity index (χ4n) is 1.45. The van der Waals surface area contributed by atoms with E-state index in [0.717, 1.165) is 5.92 Å². The van der Waals surface area contributed by atoms with Crippen molar-refractivity contribution in [2.75, 3.05) is 6.26 Å². The van der Waals surface area contributed by atoms with Crippen LogP contribution in [-0.4, -0.2) is 6.26 Å². The highest BCUT2D eigenvalue weighted by Crippen LogP contribution is 2.34. The first-order chi connectivity index (χ1) is 4.74. The third kappa shape index (κ3) is 1.79. The Morgan fingerprint density at radius 3 is 2.70 bits per heavy atom. The lowest BCUT2D eigenvalue weighted by atomic mass is 9.92. The molecule has 0 N–H and O–H groups in total. The van der Waals surface area contributed by atoms with Gasteiger partial charge in [-0.3, -0.25) is 0 Å². The summed E-state index contributed by atoms with van der Waals surface area (Å²) in [4.78, 5) is 1.64. The van der Waals surface area contributed by atoms with Crippen molar-refractivity contribution in [2.24, 2.45) is 5.92 Å². The standard InChI is InChI=1S/C9H16S/c1-7-4-5-8(2)9(6-7)10-3/h7H,4-6H2,1-3H3/t7-/m1/s1. The van der Waals surface area contributed by atoms with Gasteiger partial charge in [0.25, 0.3) is 0 Å². The van der Waals surface area contributed by atoms with E-state index in [1.165, 1.54) is 19.3 Å². The van der Waals surface area contributed by atoms with E-state index in [1.807, 2.05) is 11.8 Å². The molecule has 0 radical (unpaired) electrons. The van der Waals surface area contributed by atoms with Crippen LogP contribution in [0, 0.1) is 5.92 Å². The van der Waals surface area contributed by atoms with Crippen molar-refractivity contribution >= 4 is 11.8 Å². The van der Waals surface area contributed by atoms with E-state index in [4.69, 9.17) is 0 Å². The molecule has 0 saturated heterocycles. The van der Waals surface area contributed by atoms with E-state index >= 15 is 0 Å². The largest absolute Gasteiger partial charge is 0.134 e. The summed E-state index contributed by atoms with van der Waals surface area (Å²) < 4.78 is 0. The molecule has 1 atom stereocenters. The van der Waals surface area contributed by atoms with Crippen molar-refractivity contribution in [3.63, 3.8) is 0 Å². The average Bonchev–Trinajstić information content (AvgIpc) is 1.94. The number of hydrogen-bond donors (Lipinski definition) is 0. The van der Waals surface area contributed by atoms with Crippen molar-refractivity contribution in [3.8, 4) is 0 Å². The van der Waals surface area contributed by atoms with Crippen molar-refractivity contribution in [1.82, 2.24) is 0 Å². The second-order valence-corrected chi connectivity index (χ2v) is 4.16. The molecule has 0 amide bonds. The van der Waals surface area contributed by atoms with Gasteiger partial charge in [0.2, 0.25) is 0 Å². The highest BCUT2D eigenvalue weighted by atomic mass is 32.2. The number of thioether (sulfide) groups is 1. The molecule has 1 rings (SSSR count). The molecule has 1 heteroatoms. The van der Waals surface area contributed by atoms with Crippen LogP contribution >= 0.6 is 11.8 Å². The summed E-state index contributed by atoms with van der Waals surface area (Å²) in [6.07, 6.45) is 6.25. The predicted molar refractivity (Wildman–Crippen MR) is 49.2 cm³/mol. The molecule has 0 heterocycles. The predicted octanol–water partition coefficient (Wildman–Crippen LogP) is 3.44. The molecular weight excluding hydrogens is 140 g/mol. The van der Waals surface area contributed by atoms with E-state index in [-0.39, 0.29) is 0 Å². The lowest BCUT2D eigenvalue weighted by molar-refractivity contribution is 0.509. The van der Waals surface area contributed by atoms with Crippen molar-refractivity contribution in [1.29, 1.82) is 0 Å². The topological polar surface area (TPSA) is 0 Å². The molecule has 1 aliphatic carbocycles. The summed E-state index contributed by atoms with van der Waals surface area (Å²) in [5.74, 6) is 0.922. The summed E-state index contributed by atoms with van der Waals surface area (Å²) in [6.45, 7) is 4.63. The molecule has 0 spiro atoms. The fourth-order valence-corrected chi connectivity index (χ4v) is 2.35. The van der Waals surface area contributed by atoms with Gasteiger partial charge in [0.15, 0.2) is 0 Å². The Balaban J connectivity index is 2.62. The van der Waals surface area contributed by atoms with Gasteiger partial charge in [-0.1, -0.05) is 12.5 Å². The summed E-state index contributed by atoms with van der Waals surface area (Å²) in [7, 11) is 0. The summed E-state index contributed by atoms with van der Waals surface area (Å²) >= 11 is 1.94. The third-order valence-electron chi connectivity index (χ3n) is 2.27. The first-order valence-electron chi connectivity index (χ1n) is 3.96.